The van der Waals surface area contributed by atoms with Crippen molar-refractivity contribution in [3.8, 4) is 0 Å². The first-order valence-electron chi connectivity index (χ1n) is 11.5. The number of fused-ring (bicyclic) bond motifs is 1. The average Bonchev–Trinajstić information content (AvgIpc) is 2.80. The topological polar surface area (TPSA) is 127 Å². The number of benzene rings is 2. The molecule has 2 aromatic carbocycles. The standard InChI is InChI=1S/C26H36N4O3/c1-4-9-18(14-20-12-8-11-19-10-6-7-13-21(19)20)16-29-25(32)22(15-23(27)31)30-26(33)24(28)17(3)5-2/h4,6-8,10-13,17-18,22,24H,1,5,9,14-16,28H2,2-3H3,(H2,27,31)(H,29,32)(H,30,33)/t17?,18-,22-,24-/m0/s1. The Morgan fingerprint density at radius 1 is 1.09 bits per heavy atom. The molecule has 7 nitrogen and oxygen atoms in total. The van der Waals surface area contributed by atoms with Crippen molar-refractivity contribution in [3.05, 3.63) is 60.7 Å². The Morgan fingerprint density at radius 3 is 2.45 bits per heavy atom. The van der Waals surface area contributed by atoms with Crippen LogP contribution in [-0.2, 0) is 20.8 Å². The lowest BCUT2D eigenvalue weighted by Gasteiger charge is -2.23. The summed E-state index contributed by atoms with van der Waals surface area (Å²) in [6.07, 6.45) is 3.71. The Kier molecular flexibility index (Phi) is 10.1. The maximum Gasteiger partial charge on any atom is 0.243 e. The first kappa shape index (κ1) is 26.1. The number of rotatable bonds is 13. The number of carbonyl (C=O) groups is 3. The summed E-state index contributed by atoms with van der Waals surface area (Å²) in [5.74, 6) is -1.55. The Bertz CT molecular complexity index is 970. The molecule has 4 atom stereocenters. The molecule has 0 aliphatic carbocycles. The van der Waals surface area contributed by atoms with Crippen LogP contribution < -0.4 is 22.1 Å². The molecular weight excluding hydrogens is 416 g/mol. The van der Waals surface area contributed by atoms with Gasteiger partial charge in [-0.3, -0.25) is 14.4 Å². The minimum absolute atomic E-state index is 0.0556. The minimum Gasteiger partial charge on any atom is -0.370 e. The first-order chi connectivity index (χ1) is 15.8. The lowest BCUT2D eigenvalue weighted by Crippen LogP contribution is -2.54. The Balaban J connectivity index is 2.07. The number of primary amides is 1. The van der Waals surface area contributed by atoms with Gasteiger partial charge >= 0.3 is 0 Å². The van der Waals surface area contributed by atoms with Gasteiger partial charge in [0.05, 0.1) is 12.5 Å². The van der Waals surface area contributed by atoms with Crippen LogP contribution in [-0.4, -0.2) is 36.3 Å². The number of nitrogens with one attached hydrogen (secondary N) is 2. The molecular formula is C26H36N4O3. The van der Waals surface area contributed by atoms with Gasteiger partial charge in [-0.1, -0.05) is 68.8 Å². The molecule has 0 heterocycles. The number of carbonyl (C=O) groups excluding carboxylic acids is 3. The number of amides is 3. The van der Waals surface area contributed by atoms with Gasteiger partial charge in [-0.2, -0.15) is 0 Å². The zero-order valence-corrected chi connectivity index (χ0v) is 19.6. The van der Waals surface area contributed by atoms with Crippen molar-refractivity contribution in [2.75, 3.05) is 6.54 Å². The summed E-state index contributed by atoms with van der Waals surface area (Å²) >= 11 is 0. The molecule has 0 spiro atoms. The largest absolute Gasteiger partial charge is 0.370 e. The van der Waals surface area contributed by atoms with Gasteiger partial charge in [0.15, 0.2) is 0 Å². The Labute approximate surface area is 196 Å². The van der Waals surface area contributed by atoms with Gasteiger partial charge < -0.3 is 22.1 Å². The Hall–Kier alpha value is -3.19. The summed E-state index contributed by atoms with van der Waals surface area (Å²) < 4.78 is 0. The fourth-order valence-electron chi connectivity index (χ4n) is 3.81. The fraction of sp³-hybridized carbons (Fsp3) is 0.423. The molecule has 0 aliphatic heterocycles. The van der Waals surface area contributed by atoms with Crippen LogP contribution in [0.25, 0.3) is 10.8 Å². The van der Waals surface area contributed by atoms with Crippen molar-refractivity contribution < 1.29 is 14.4 Å². The first-order valence-corrected chi connectivity index (χ1v) is 11.5. The second-order valence-corrected chi connectivity index (χ2v) is 8.62. The molecule has 2 aromatic rings. The van der Waals surface area contributed by atoms with Crippen LogP contribution >= 0.6 is 0 Å². The molecule has 0 aromatic heterocycles. The van der Waals surface area contributed by atoms with Crippen molar-refractivity contribution in [1.82, 2.24) is 10.6 Å². The van der Waals surface area contributed by atoms with Gasteiger partial charge in [0.1, 0.15) is 6.04 Å². The van der Waals surface area contributed by atoms with Crippen molar-refractivity contribution in [2.24, 2.45) is 23.3 Å². The molecule has 0 saturated carbocycles. The maximum atomic E-state index is 12.8. The smallest absolute Gasteiger partial charge is 0.243 e. The summed E-state index contributed by atoms with van der Waals surface area (Å²) in [6, 6.07) is 12.5. The highest BCUT2D eigenvalue weighted by Gasteiger charge is 2.27. The summed E-state index contributed by atoms with van der Waals surface area (Å²) in [4.78, 5) is 36.8. The third-order valence-electron chi connectivity index (χ3n) is 6.05. The third-order valence-corrected chi connectivity index (χ3v) is 6.05. The molecule has 6 N–H and O–H groups in total. The molecule has 178 valence electrons. The summed E-state index contributed by atoms with van der Waals surface area (Å²) in [6.45, 7) is 8.01. The van der Waals surface area contributed by atoms with Gasteiger partial charge in [0.25, 0.3) is 0 Å². The molecule has 33 heavy (non-hydrogen) atoms. The van der Waals surface area contributed by atoms with E-state index in [1.54, 1.807) is 0 Å². The highest BCUT2D eigenvalue weighted by Crippen LogP contribution is 2.22. The minimum atomic E-state index is -1.06. The SMILES string of the molecule is C=CC[C@H](CNC(=O)[C@H](CC(N)=O)NC(=O)[C@@H](N)C(C)CC)Cc1cccc2ccccc12. The Morgan fingerprint density at radius 2 is 1.79 bits per heavy atom. The van der Waals surface area contributed by atoms with E-state index < -0.39 is 29.8 Å². The van der Waals surface area contributed by atoms with Crippen LogP contribution in [0.4, 0.5) is 0 Å². The third kappa shape index (κ3) is 7.71. The predicted molar refractivity (Wildman–Crippen MR) is 132 cm³/mol. The number of hydrogen-bond acceptors (Lipinski definition) is 4. The molecule has 0 bridgehead atoms. The zero-order valence-electron chi connectivity index (χ0n) is 19.6. The van der Waals surface area contributed by atoms with Crippen molar-refractivity contribution in [1.29, 1.82) is 0 Å². The van der Waals surface area contributed by atoms with Crippen molar-refractivity contribution >= 4 is 28.5 Å². The molecule has 3 amide bonds. The van der Waals surface area contributed by atoms with E-state index >= 15 is 0 Å². The quantitative estimate of drug-likeness (QED) is 0.348. The summed E-state index contributed by atoms with van der Waals surface area (Å²) in [7, 11) is 0. The van der Waals surface area contributed by atoms with E-state index in [9.17, 15) is 14.4 Å². The summed E-state index contributed by atoms with van der Waals surface area (Å²) in [5.41, 5.74) is 12.5. The van der Waals surface area contributed by atoms with E-state index in [0.29, 0.717) is 13.0 Å². The van der Waals surface area contributed by atoms with Crippen LogP contribution in [0.1, 0.15) is 38.7 Å². The maximum absolute atomic E-state index is 12.8. The van der Waals surface area contributed by atoms with Crippen LogP contribution in [0.2, 0.25) is 0 Å². The van der Waals surface area contributed by atoms with Gasteiger partial charge in [-0.05, 0) is 41.0 Å². The highest BCUT2D eigenvalue weighted by atomic mass is 16.2. The molecule has 2 rings (SSSR count). The highest BCUT2D eigenvalue weighted by molar-refractivity contribution is 5.93. The second-order valence-electron chi connectivity index (χ2n) is 8.62. The lowest BCUT2D eigenvalue weighted by atomic mass is 9.92. The second kappa shape index (κ2) is 12.7. The molecule has 1 unspecified atom stereocenters. The monoisotopic (exact) mass is 452 g/mol. The van der Waals surface area contributed by atoms with Crippen LogP contribution in [0.15, 0.2) is 55.1 Å². The van der Waals surface area contributed by atoms with E-state index in [1.165, 1.54) is 16.3 Å². The molecule has 0 fully saturated rings. The zero-order chi connectivity index (χ0) is 24.4. The van der Waals surface area contributed by atoms with E-state index in [-0.39, 0.29) is 18.3 Å². The molecule has 7 heteroatoms. The average molecular weight is 453 g/mol. The predicted octanol–water partition coefficient (Wildman–Crippen LogP) is 2.42. The van der Waals surface area contributed by atoms with Crippen molar-refractivity contribution in [3.63, 3.8) is 0 Å². The molecule has 0 aliphatic rings. The van der Waals surface area contributed by atoms with E-state index in [0.717, 1.165) is 12.8 Å². The van der Waals surface area contributed by atoms with Gasteiger partial charge in [-0.25, -0.2) is 0 Å². The number of nitrogens with two attached hydrogens (primary N) is 2. The van der Waals surface area contributed by atoms with Gasteiger partial charge in [-0.15, -0.1) is 6.58 Å². The fourth-order valence-corrected chi connectivity index (χ4v) is 3.81. The van der Waals surface area contributed by atoms with Crippen LogP contribution in [0.3, 0.4) is 0 Å². The van der Waals surface area contributed by atoms with E-state index in [1.807, 2.05) is 38.1 Å². The summed E-state index contributed by atoms with van der Waals surface area (Å²) in [5, 5.41) is 7.82. The van der Waals surface area contributed by atoms with Crippen LogP contribution in [0.5, 0.6) is 0 Å². The van der Waals surface area contributed by atoms with Gasteiger partial charge in [0.2, 0.25) is 17.7 Å². The molecule has 0 radical (unpaired) electrons. The normalized spacial score (nSPS) is 14.6. The van der Waals surface area contributed by atoms with E-state index in [2.05, 4.69) is 41.5 Å². The van der Waals surface area contributed by atoms with E-state index in [4.69, 9.17) is 11.5 Å². The number of allylic oxidation sites excluding steroid dienone is 1. The molecule has 0 saturated heterocycles. The van der Waals surface area contributed by atoms with Gasteiger partial charge in [0, 0.05) is 6.54 Å². The number of hydrogen-bond donors (Lipinski definition) is 4. The lowest BCUT2D eigenvalue weighted by molar-refractivity contribution is -0.132. The van der Waals surface area contributed by atoms with Crippen LogP contribution in [0, 0.1) is 11.8 Å². The van der Waals surface area contributed by atoms with Crippen molar-refractivity contribution in [2.45, 2.75) is 51.6 Å².